The first-order valence-electron chi connectivity index (χ1n) is 5.96. The fourth-order valence-corrected chi connectivity index (χ4v) is 2.79. The Bertz CT molecular complexity index is 225. The summed E-state index contributed by atoms with van der Waals surface area (Å²) in [5, 5.41) is 0. The van der Waals surface area contributed by atoms with Crippen molar-refractivity contribution in [3.63, 3.8) is 0 Å². The maximum atomic E-state index is 12.3. The van der Waals surface area contributed by atoms with Crippen molar-refractivity contribution in [2.24, 2.45) is 5.92 Å². The van der Waals surface area contributed by atoms with Crippen LogP contribution in [0.25, 0.3) is 0 Å². The van der Waals surface area contributed by atoms with Crippen LogP contribution < -0.4 is 0 Å². The maximum Gasteiger partial charge on any atom is 0.170 e. The first-order valence-corrected chi connectivity index (χ1v) is 5.96. The highest BCUT2D eigenvalue weighted by atomic mass is 16.5. The van der Waals surface area contributed by atoms with Gasteiger partial charge in [0, 0.05) is 19.6 Å². The quantitative estimate of drug-likeness (QED) is 0.717. The zero-order chi connectivity index (χ0) is 10.7. The van der Waals surface area contributed by atoms with Crippen molar-refractivity contribution in [2.75, 3.05) is 20.3 Å². The van der Waals surface area contributed by atoms with E-state index in [0.717, 1.165) is 38.7 Å². The summed E-state index contributed by atoms with van der Waals surface area (Å²) in [6, 6.07) is 0. The van der Waals surface area contributed by atoms with E-state index in [4.69, 9.17) is 9.47 Å². The van der Waals surface area contributed by atoms with Crippen molar-refractivity contribution >= 4 is 5.78 Å². The molecular weight excluding hydrogens is 192 g/mol. The van der Waals surface area contributed by atoms with E-state index in [1.165, 1.54) is 6.42 Å². The molecule has 0 radical (unpaired) electrons. The monoisotopic (exact) mass is 212 g/mol. The van der Waals surface area contributed by atoms with Crippen LogP contribution >= 0.6 is 0 Å². The number of rotatable bonds is 3. The van der Waals surface area contributed by atoms with Gasteiger partial charge >= 0.3 is 0 Å². The van der Waals surface area contributed by atoms with Crippen LogP contribution in [0.3, 0.4) is 0 Å². The Morgan fingerprint density at radius 3 is 2.60 bits per heavy atom. The molecule has 0 aromatic rings. The van der Waals surface area contributed by atoms with Crippen LogP contribution in [0.5, 0.6) is 0 Å². The lowest BCUT2D eigenvalue weighted by atomic mass is 9.77. The minimum Gasteiger partial charge on any atom is -0.381 e. The van der Waals surface area contributed by atoms with Crippen LogP contribution in [0.15, 0.2) is 0 Å². The van der Waals surface area contributed by atoms with Crippen molar-refractivity contribution in [3.05, 3.63) is 0 Å². The van der Waals surface area contributed by atoms with Gasteiger partial charge < -0.3 is 9.47 Å². The summed E-state index contributed by atoms with van der Waals surface area (Å²) in [7, 11) is 1.68. The highest BCUT2D eigenvalue weighted by molar-refractivity contribution is 5.89. The van der Waals surface area contributed by atoms with Crippen molar-refractivity contribution in [1.82, 2.24) is 0 Å². The average molecular weight is 212 g/mol. The van der Waals surface area contributed by atoms with E-state index in [-0.39, 0.29) is 5.92 Å². The molecule has 0 amide bonds. The molecule has 3 nitrogen and oxygen atoms in total. The Morgan fingerprint density at radius 2 is 2.07 bits per heavy atom. The van der Waals surface area contributed by atoms with Crippen LogP contribution in [0.2, 0.25) is 0 Å². The number of hydrogen-bond donors (Lipinski definition) is 0. The predicted octanol–water partition coefficient (Wildman–Crippen LogP) is 1.94. The standard InChI is InChI=1S/C12H20O3/c1-14-12(6-3-2-4-7-12)11(13)10-5-8-15-9-10/h10H,2-9H2,1H3. The van der Waals surface area contributed by atoms with Crippen molar-refractivity contribution in [1.29, 1.82) is 0 Å². The van der Waals surface area contributed by atoms with Gasteiger partial charge in [0.1, 0.15) is 5.60 Å². The topological polar surface area (TPSA) is 35.5 Å². The summed E-state index contributed by atoms with van der Waals surface area (Å²) < 4.78 is 10.8. The third-order valence-electron chi connectivity index (χ3n) is 3.80. The van der Waals surface area contributed by atoms with Gasteiger partial charge in [-0.3, -0.25) is 4.79 Å². The Hall–Kier alpha value is -0.410. The number of carbonyl (C=O) groups excluding carboxylic acids is 1. The lowest BCUT2D eigenvalue weighted by molar-refractivity contribution is -0.149. The smallest absolute Gasteiger partial charge is 0.170 e. The third kappa shape index (κ3) is 2.08. The van der Waals surface area contributed by atoms with Gasteiger partial charge in [-0.15, -0.1) is 0 Å². The minimum absolute atomic E-state index is 0.0862. The first-order chi connectivity index (χ1) is 7.28. The van der Waals surface area contributed by atoms with Gasteiger partial charge in [0.2, 0.25) is 0 Å². The van der Waals surface area contributed by atoms with E-state index >= 15 is 0 Å². The van der Waals surface area contributed by atoms with E-state index in [1.807, 2.05) is 0 Å². The van der Waals surface area contributed by atoms with Gasteiger partial charge in [0.05, 0.1) is 6.61 Å². The molecule has 0 aromatic heterocycles. The third-order valence-corrected chi connectivity index (χ3v) is 3.80. The van der Waals surface area contributed by atoms with E-state index in [9.17, 15) is 4.79 Å². The van der Waals surface area contributed by atoms with Gasteiger partial charge in [0.25, 0.3) is 0 Å². The molecule has 1 aliphatic carbocycles. The first kappa shape index (κ1) is 11.1. The van der Waals surface area contributed by atoms with Crippen LogP contribution in [0.4, 0.5) is 0 Å². The number of methoxy groups -OCH3 is 1. The summed E-state index contributed by atoms with van der Waals surface area (Å²) in [5.74, 6) is 0.380. The fourth-order valence-electron chi connectivity index (χ4n) is 2.79. The van der Waals surface area contributed by atoms with Gasteiger partial charge in [-0.05, 0) is 19.3 Å². The number of ether oxygens (including phenoxy) is 2. The SMILES string of the molecule is COC1(C(=O)C2CCOC2)CCCCC1. The molecule has 0 spiro atoms. The number of ketones is 1. The summed E-state index contributed by atoms with van der Waals surface area (Å²) in [5.41, 5.74) is -0.476. The second-order valence-corrected chi connectivity index (χ2v) is 4.68. The molecule has 3 heteroatoms. The Labute approximate surface area is 91.1 Å². The largest absolute Gasteiger partial charge is 0.381 e. The van der Waals surface area contributed by atoms with E-state index in [0.29, 0.717) is 12.4 Å². The zero-order valence-corrected chi connectivity index (χ0v) is 9.46. The van der Waals surface area contributed by atoms with Crippen LogP contribution in [-0.4, -0.2) is 31.7 Å². The molecule has 1 saturated heterocycles. The molecule has 15 heavy (non-hydrogen) atoms. The molecule has 1 atom stereocenters. The Kier molecular flexibility index (Phi) is 3.42. The van der Waals surface area contributed by atoms with Crippen LogP contribution in [0.1, 0.15) is 38.5 Å². The molecule has 0 N–H and O–H groups in total. The second kappa shape index (κ2) is 4.62. The Morgan fingerprint density at radius 1 is 1.33 bits per heavy atom. The van der Waals surface area contributed by atoms with Gasteiger partial charge in [-0.2, -0.15) is 0 Å². The lowest BCUT2D eigenvalue weighted by Crippen LogP contribution is -2.46. The van der Waals surface area contributed by atoms with E-state index in [2.05, 4.69) is 0 Å². The molecule has 2 aliphatic rings. The molecule has 1 aliphatic heterocycles. The number of carbonyl (C=O) groups is 1. The normalized spacial score (nSPS) is 30.3. The van der Waals surface area contributed by atoms with Gasteiger partial charge in [-0.25, -0.2) is 0 Å². The number of Topliss-reactive ketones (excluding diaryl/α,β-unsaturated/α-hetero) is 1. The molecular formula is C12H20O3. The molecule has 1 heterocycles. The van der Waals surface area contributed by atoms with Crippen LogP contribution in [-0.2, 0) is 14.3 Å². The molecule has 2 fully saturated rings. The Balaban J connectivity index is 2.06. The van der Waals surface area contributed by atoms with Crippen LogP contribution in [0, 0.1) is 5.92 Å². The lowest BCUT2D eigenvalue weighted by Gasteiger charge is -2.36. The molecule has 1 unspecified atom stereocenters. The van der Waals surface area contributed by atoms with E-state index in [1.54, 1.807) is 7.11 Å². The summed E-state index contributed by atoms with van der Waals surface area (Å²) in [4.78, 5) is 12.3. The summed E-state index contributed by atoms with van der Waals surface area (Å²) in [6.07, 6.45) is 6.15. The fraction of sp³-hybridized carbons (Fsp3) is 0.917. The highest BCUT2D eigenvalue weighted by Crippen LogP contribution is 2.35. The molecule has 2 rings (SSSR count). The summed E-state index contributed by atoms with van der Waals surface area (Å²) >= 11 is 0. The maximum absolute atomic E-state index is 12.3. The average Bonchev–Trinajstić information content (AvgIpc) is 2.82. The summed E-state index contributed by atoms with van der Waals surface area (Å²) in [6.45, 7) is 1.33. The van der Waals surface area contributed by atoms with Crippen molar-refractivity contribution in [2.45, 2.75) is 44.1 Å². The second-order valence-electron chi connectivity index (χ2n) is 4.68. The van der Waals surface area contributed by atoms with E-state index < -0.39 is 5.60 Å². The highest BCUT2D eigenvalue weighted by Gasteiger charge is 2.43. The van der Waals surface area contributed by atoms with Gasteiger partial charge in [0.15, 0.2) is 5.78 Å². The van der Waals surface area contributed by atoms with Gasteiger partial charge in [-0.1, -0.05) is 19.3 Å². The zero-order valence-electron chi connectivity index (χ0n) is 9.46. The minimum atomic E-state index is -0.476. The van der Waals surface area contributed by atoms with Crippen molar-refractivity contribution in [3.8, 4) is 0 Å². The molecule has 0 aromatic carbocycles. The predicted molar refractivity (Wildman–Crippen MR) is 56.8 cm³/mol. The molecule has 1 saturated carbocycles. The number of hydrogen-bond acceptors (Lipinski definition) is 3. The molecule has 86 valence electrons. The molecule has 0 bridgehead atoms. The van der Waals surface area contributed by atoms with Crippen molar-refractivity contribution < 1.29 is 14.3 Å².